The van der Waals surface area contributed by atoms with Crippen molar-refractivity contribution in [3.63, 3.8) is 0 Å². The smallest absolute Gasteiger partial charge is 0.136 e. The summed E-state index contributed by atoms with van der Waals surface area (Å²) in [6.45, 7) is 20.0. The average molecular weight is 521 g/mol. The van der Waals surface area contributed by atoms with Crippen molar-refractivity contribution in [1.82, 2.24) is 13.8 Å². The second-order valence-electron chi connectivity index (χ2n) is 13.5. The van der Waals surface area contributed by atoms with Crippen molar-refractivity contribution >= 4 is 23.1 Å². The van der Waals surface area contributed by atoms with E-state index in [1.807, 2.05) is 23.0 Å². The molecule has 0 radical (unpaired) electrons. The molecule has 1 aliphatic rings. The number of hydrogen-bond acceptors (Lipinski definition) is 2. The zero-order valence-electron chi connectivity index (χ0n) is 25.2. The van der Waals surface area contributed by atoms with Gasteiger partial charge in [-0.05, 0) is 81.0 Å². The number of rotatable bonds is 0. The largest absolute Gasteiger partial charge is 0.324 e. The van der Waals surface area contributed by atoms with Crippen LogP contribution in [0.4, 0.5) is 5.69 Å². The summed E-state index contributed by atoms with van der Waals surface area (Å²) in [5.41, 5.74) is 9.56. The van der Waals surface area contributed by atoms with Gasteiger partial charge in [-0.15, -0.1) is 0 Å². The molecule has 1 aromatic carbocycles. The molecular formula is C35H44N4. The summed E-state index contributed by atoms with van der Waals surface area (Å²) in [5, 5.41) is 0. The molecule has 39 heavy (non-hydrogen) atoms. The van der Waals surface area contributed by atoms with Crippen molar-refractivity contribution in [2.75, 3.05) is 0 Å². The van der Waals surface area contributed by atoms with Crippen LogP contribution in [-0.2, 0) is 22.7 Å². The normalized spacial score (nSPS) is 13.1. The lowest BCUT2D eigenvalue weighted by atomic mass is 9.86. The predicted molar refractivity (Wildman–Crippen MR) is 167 cm³/mol. The minimum Gasteiger partial charge on any atom is -0.324 e. The van der Waals surface area contributed by atoms with Gasteiger partial charge in [0.15, 0.2) is 0 Å². The third-order valence-corrected chi connectivity index (χ3v) is 7.15. The highest BCUT2D eigenvalue weighted by atomic mass is 15.0. The van der Waals surface area contributed by atoms with Crippen LogP contribution in [0.3, 0.4) is 0 Å². The van der Waals surface area contributed by atoms with Gasteiger partial charge in [-0.3, -0.25) is 4.99 Å². The van der Waals surface area contributed by atoms with Gasteiger partial charge in [0.25, 0.3) is 0 Å². The molecule has 0 aliphatic carbocycles. The van der Waals surface area contributed by atoms with E-state index in [9.17, 15) is 0 Å². The quantitative estimate of drug-likeness (QED) is 0.200. The van der Waals surface area contributed by atoms with E-state index < -0.39 is 0 Å². The zero-order valence-corrected chi connectivity index (χ0v) is 25.2. The lowest BCUT2D eigenvalue weighted by Gasteiger charge is -2.19. The topological polar surface area (TPSA) is 34.1 Å². The third-order valence-electron chi connectivity index (χ3n) is 7.15. The van der Waals surface area contributed by atoms with Gasteiger partial charge in [0.2, 0.25) is 0 Å². The number of hydrogen-bond donors (Lipinski definition) is 0. The molecule has 1 aliphatic heterocycles. The van der Waals surface area contributed by atoms with Gasteiger partial charge in [0, 0.05) is 49.1 Å². The van der Waals surface area contributed by atoms with Gasteiger partial charge < -0.3 is 8.80 Å². The molecule has 4 nitrogen and oxygen atoms in total. The number of benzene rings is 1. The molecule has 0 bridgehead atoms. The minimum absolute atomic E-state index is 0.202. The second-order valence-corrected chi connectivity index (χ2v) is 13.5. The Kier molecular flexibility index (Phi) is 7.88. The molecule has 5 aromatic rings. The number of fused-ring (bicyclic) bond motifs is 3. The highest BCUT2D eigenvalue weighted by Gasteiger charge is 2.16. The van der Waals surface area contributed by atoms with Crippen LogP contribution in [0.5, 0.6) is 0 Å². The number of aliphatic imine (C=N–C) groups is 1. The SMILES string of the molecule is CC(C)(C)c1ccc2c(c1)N=CC2.CC(C)(C)c1ccn2cccc2c1.CC(C)(C)c1ccn2ccnc2c1. The molecule has 0 atom stereocenters. The van der Waals surface area contributed by atoms with E-state index in [1.54, 1.807) is 0 Å². The fourth-order valence-electron chi connectivity index (χ4n) is 4.44. The van der Waals surface area contributed by atoms with Crippen LogP contribution in [0.25, 0.3) is 11.2 Å². The monoisotopic (exact) mass is 520 g/mol. The number of nitrogens with zero attached hydrogens (tertiary/aromatic N) is 4. The van der Waals surface area contributed by atoms with Crippen molar-refractivity contribution in [3.8, 4) is 0 Å². The summed E-state index contributed by atoms with van der Waals surface area (Å²) in [7, 11) is 0. The Labute approximate surface area is 234 Å². The third kappa shape index (κ3) is 7.06. The lowest BCUT2D eigenvalue weighted by Crippen LogP contribution is -2.11. The maximum Gasteiger partial charge on any atom is 0.136 e. The van der Waals surface area contributed by atoms with Gasteiger partial charge in [-0.2, -0.15) is 0 Å². The van der Waals surface area contributed by atoms with Crippen LogP contribution in [-0.4, -0.2) is 20.0 Å². The molecule has 0 amide bonds. The molecule has 4 aromatic heterocycles. The molecular weight excluding hydrogens is 476 g/mol. The maximum atomic E-state index is 4.35. The fraction of sp³-hybridized carbons (Fsp3) is 0.371. The Bertz CT molecular complexity index is 1490. The molecule has 0 fully saturated rings. The second kappa shape index (κ2) is 10.8. The summed E-state index contributed by atoms with van der Waals surface area (Å²) in [4.78, 5) is 8.60. The fourth-order valence-corrected chi connectivity index (χ4v) is 4.44. The summed E-state index contributed by atoms with van der Waals surface area (Å²) < 4.78 is 4.16. The van der Waals surface area contributed by atoms with Gasteiger partial charge in [-0.1, -0.05) is 74.4 Å². The maximum absolute atomic E-state index is 4.35. The Hall–Kier alpha value is -3.66. The first-order valence-electron chi connectivity index (χ1n) is 13.9. The number of aromatic nitrogens is 3. The van der Waals surface area contributed by atoms with Crippen LogP contribution >= 0.6 is 0 Å². The molecule has 0 saturated heterocycles. The Balaban J connectivity index is 0.000000136. The number of pyridine rings is 2. The van der Waals surface area contributed by atoms with E-state index in [2.05, 4.69) is 150 Å². The van der Waals surface area contributed by atoms with Crippen molar-refractivity contribution in [1.29, 1.82) is 0 Å². The summed E-state index contributed by atoms with van der Waals surface area (Å²) in [6, 6.07) is 19.5. The van der Waals surface area contributed by atoms with Gasteiger partial charge in [-0.25, -0.2) is 4.98 Å². The standard InChI is InChI=1S/2C12H15N.C11H14N2/c1-12(2,3)10-5-4-9-6-7-13-11(9)8-10;1-12(2,3)10-6-8-13-7-4-5-11(13)9-10;1-11(2,3)9-4-6-13-7-5-12-10(13)8-9/h4-5,7-8H,6H2,1-3H3;4-9H,1-3H3;4-8H,1-3H3. The first-order chi connectivity index (χ1) is 18.2. The molecule has 204 valence electrons. The first kappa shape index (κ1) is 28.4. The van der Waals surface area contributed by atoms with Gasteiger partial charge in [0.05, 0.1) is 5.69 Å². The van der Waals surface area contributed by atoms with E-state index in [0.717, 1.165) is 17.8 Å². The summed E-state index contributed by atoms with van der Waals surface area (Å²) in [5.74, 6) is 0. The van der Waals surface area contributed by atoms with Crippen molar-refractivity contribution < 1.29 is 0 Å². The van der Waals surface area contributed by atoms with Gasteiger partial charge >= 0.3 is 0 Å². The molecule has 0 unspecified atom stereocenters. The van der Waals surface area contributed by atoms with E-state index in [-0.39, 0.29) is 16.2 Å². The van der Waals surface area contributed by atoms with Crippen molar-refractivity contribution in [2.45, 2.75) is 85.0 Å². The molecule has 4 heteroatoms. The highest BCUT2D eigenvalue weighted by Crippen LogP contribution is 2.31. The van der Waals surface area contributed by atoms with Crippen LogP contribution in [0.2, 0.25) is 0 Å². The molecule has 0 N–H and O–H groups in total. The van der Waals surface area contributed by atoms with Crippen molar-refractivity contribution in [2.24, 2.45) is 4.99 Å². The Morgan fingerprint density at radius 2 is 1.23 bits per heavy atom. The Morgan fingerprint density at radius 1 is 0.615 bits per heavy atom. The Morgan fingerprint density at radius 3 is 1.90 bits per heavy atom. The highest BCUT2D eigenvalue weighted by molar-refractivity contribution is 5.76. The zero-order chi connectivity index (χ0) is 28.4. The van der Waals surface area contributed by atoms with E-state index in [4.69, 9.17) is 0 Å². The van der Waals surface area contributed by atoms with E-state index in [1.165, 1.54) is 27.8 Å². The molecule has 5 heterocycles. The average Bonchev–Trinajstić information content (AvgIpc) is 3.62. The summed E-state index contributed by atoms with van der Waals surface area (Å²) >= 11 is 0. The van der Waals surface area contributed by atoms with E-state index >= 15 is 0 Å². The molecule has 0 saturated carbocycles. The molecule has 6 rings (SSSR count). The predicted octanol–water partition coefficient (Wildman–Crippen LogP) is 9.11. The van der Waals surface area contributed by atoms with E-state index in [0.29, 0.717) is 0 Å². The summed E-state index contributed by atoms with van der Waals surface area (Å²) in [6.07, 6.45) is 13.0. The van der Waals surface area contributed by atoms with Crippen LogP contribution in [0.1, 0.15) is 84.6 Å². The minimum atomic E-state index is 0.202. The number of imidazole rings is 1. The van der Waals surface area contributed by atoms with Crippen LogP contribution < -0.4 is 0 Å². The van der Waals surface area contributed by atoms with Crippen LogP contribution in [0.15, 0.2) is 90.6 Å². The first-order valence-corrected chi connectivity index (χ1v) is 13.9. The molecule has 0 spiro atoms. The van der Waals surface area contributed by atoms with Crippen LogP contribution in [0, 0.1) is 0 Å². The lowest BCUT2D eigenvalue weighted by molar-refractivity contribution is 0.589. The van der Waals surface area contributed by atoms with Crippen molar-refractivity contribution in [3.05, 3.63) is 108 Å². The van der Waals surface area contributed by atoms with Gasteiger partial charge in [0.1, 0.15) is 5.65 Å².